The van der Waals surface area contributed by atoms with Gasteiger partial charge in [0.25, 0.3) is 0 Å². The Bertz CT molecular complexity index is 382. The van der Waals surface area contributed by atoms with E-state index in [1.807, 2.05) is 0 Å². The van der Waals surface area contributed by atoms with E-state index in [0.29, 0.717) is 11.0 Å². The van der Waals surface area contributed by atoms with Crippen LogP contribution in [0, 0.1) is 5.41 Å². The summed E-state index contributed by atoms with van der Waals surface area (Å²) in [6.45, 7) is 19.8. The molecule has 0 atom stereocenters. The predicted octanol–water partition coefficient (Wildman–Crippen LogP) is 3.45. The summed E-state index contributed by atoms with van der Waals surface area (Å²) in [7, 11) is 0. The Balaban J connectivity index is 1.48. The molecule has 3 fully saturated rings. The van der Waals surface area contributed by atoms with Gasteiger partial charge in [-0.15, -0.1) is 0 Å². The molecule has 23 heavy (non-hydrogen) atoms. The molecule has 0 saturated carbocycles. The standard InChI is InChI=1S/C20H39N3/c1-17(2)21-11-6-18(7-12-21)22-13-8-20(9-14-22)10-15-23(16-20)19(3,4)5/h17-18H,6-16H2,1-5H3. The molecule has 0 aliphatic carbocycles. The maximum absolute atomic E-state index is 2.84. The van der Waals surface area contributed by atoms with E-state index in [1.165, 1.54) is 71.4 Å². The van der Waals surface area contributed by atoms with Crippen molar-refractivity contribution < 1.29 is 0 Å². The van der Waals surface area contributed by atoms with Crippen molar-refractivity contribution in [3.63, 3.8) is 0 Å². The second kappa shape index (κ2) is 6.65. The fourth-order valence-electron chi connectivity index (χ4n) is 5.05. The van der Waals surface area contributed by atoms with E-state index in [4.69, 9.17) is 0 Å². The maximum Gasteiger partial charge on any atom is 0.0125 e. The average molecular weight is 322 g/mol. The molecule has 134 valence electrons. The Labute approximate surface area is 144 Å². The average Bonchev–Trinajstić information content (AvgIpc) is 2.92. The second-order valence-electron chi connectivity index (χ2n) is 9.74. The molecule has 0 N–H and O–H groups in total. The number of rotatable bonds is 2. The van der Waals surface area contributed by atoms with Crippen LogP contribution in [0.25, 0.3) is 0 Å². The van der Waals surface area contributed by atoms with Crippen molar-refractivity contribution in [2.75, 3.05) is 39.3 Å². The van der Waals surface area contributed by atoms with Crippen LogP contribution in [0.15, 0.2) is 0 Å². The highest BCUT2D eigenvalue weighted by atomic mass is 15.2. The smallest absolute Gasteiger partial charge is 0.0125 e. The summed E-state index contributed by atoms with van der Waals surface area (Å²) in [6.07, 6.45) is 7.08. The molecule has 0 aromatic carbocycles. The number of nitrogens with zero attached hydrogens (tertiary/aromatic N) is 3. The molecule has 3 nitrogen and oxygen atoms in total. The van der Waals surface area contributed by atoms with Gasteiger partial charge in [-0.3, -0.25) is 4.90 Å². The maximum atomic E-state index is 2.84. The minimum Gasteiger partial charge on any atom is -0.301 e. The summed E-state index contributed by atoms with van der Waals surface area (Å²) < 4.78 is 0. The van der Waals surface area contributed by atoms with Crippen LogP contribution in [0.5, 0.6) is 0 Å². The van der Waals surface area contributed by atoms with Crippen LogP contribution in [0.3, 0.4) is 0 Å². The minimum absolute atomic E-state index is 0.351. The summed E-state index contributed by atoms with van der Waals surface area (Å²) in [4.78, 5) is 8.21. The largest absolute Gasteiger partial charge is 0.301 e. The quantitative estimate of drug-likeness (QED) is 0.771. The molecular formula is C20H39N3. The molecule has 0 unspecified atom stereocenters. The van der Waals surface area contributed by atoms with Gasteiger partial charge in [0.05, 0.1) is 0 Å². The first-order valence-electron chi connectivity index (χ1n) is 10.0. The van der Waals surface area contributed by atoms with Crippen molar-refractivity contribution in [2.45, 2.75) is 84.3 Å². The third-order valence-corrected chi connectivity index (χ3v) is 6.99. The molecule has 0 amide bonds. The Morgan fingerprint density at radius 2 is 1.43 bits per heavy atom. The lowest BCUT2D eigenvalue weighted by molar-refractivity contribution is 0.0354. The van der Waals surface area contributed by atoms with Crippen LogP contribution in [-0.4, -0.2) is 71.6 Å². The van der Waals surface area contributed by atoms with Crippen LogP contribution >= 0.6 is 0 Å². The van der Waals surface area contributed by atoms with Crippen LogP contribution in [-0.2, 0) is 0 Å². The zero-order chi connectivity index (χ0) is 16.7. The van der Waals surface area contributed by atoms with Gasteiger partial charge in [-0.05, 0) is 105 Å². The zero-order valence-corrected chi connectivity index (χ0v) is 16.3. The summed E-state index contributed by atoms with van der Waals surface area (Å²) in [5.41, 5.74) is 0.993. The summed E-state index contributed by atoms with van der Waals surface area (Å²) >= 11 is 0. The minimum atomic E-state index is 0.351. The predicted molar refractivity (Wildman–Crippen MR) is 98.9 cm³/mol. The molecule has 3 aliphatic rings. The van der Waals surface area contributed by atoms with Gasteiger partial charge in [0.15, 0.2) is 0 Å². The van der Waals surface area contributed by atoms with Crippen molar-refractivity contribution >= 4 is 0 Å². The Morgan fingerprint density at radius 1 is 0.870 bits per heavy atom. The van der Waals surface area contributed by atoms with E-state index >= 15 is 0 Å². The van der Waals surface area contributed by atoms with Crippen LogP contribution in [0.4, 0.5) is 0 Å². The molecule has 0 aromatic rings. The van der Waals surface area contributed by atoms with Crippen LogP contribution in [0.2, 0.25) is 0 Å². The molecule has 3 saturated heterocycles. The van der Waals surface area contributed by atoms with Crippen LogP contribution < -0.4 is 0 Å². The molecule has 3 rings (SSSR count). The molecule has 3 heterocycles. The molecule has 0 radical (unpaired) electrons. The van der Waals surface area contributed by atoms with E-state index in [9.17, 15) is 0 Å². The van der Waals surface area contributed by atoms with Gasteiger partial charge >= 0.3 is 0 Å². The van der Waals surface area contributed by atoms with Crippen LogP contribution in [0.1, 0.15) is 66.7 Å². The lowest BCUT2D eigenvalue weighted by Crippen LogP contribution is -2.51. The summed E-state index contributed by atoms with van der Waals surface area (Å²) in [5, 5.41) is 0. The molecule has 3 aliphatic heterocycles. The Morgan fingerprint density at radius 3 is 1.91 bits per heavy atom. The lowest BCUT2D eigenvalue weighted by Gasteiger charge is -2.46. The SMILES string of the molecule is CC(C)N1CCC(N2CCC3(CC2)CCN(C(C)(C)C)C3)CC1. The van der Waals surface area contributed by atoms with Gasteiger partial charge in [-0.25, -0.2) is 0 Å². The first-order chi connectivity index (χ1) is 10.8. The van der Waals surface area contributed by atoms with E-state index < -0.39 is 0 Å². The van der Waals surface area contributed by atoms with Gasteiger partial charge < -0.3 is 9.80 Å². The highest BCUT2D eigenvalue weighted by Crippen LogP contribution is 2.43. The second-order valence-corrected chi connectivity index (χ2v) is 9.74. The Hall–Kier alpha value is -0.120. The van der Waals surface area contributed by atoms with Crippen molar-refractivity contribution in [2.24, 2.45) is 5.41 Å². The monoisotopic (exact) mass is 321 g/mol. The van der Waals surface area contributed by atoms with Crippen molar-refractivity contribution in [3.05, 3.63) is 0 Å². The van der Waals surface area contributed by atoms with E-state index in [0.717, 1.165) is 12.1 Å². The molecule has 1 spiro atoms. The number of likely N-dealkylation sites (tertiary alicyclic amines) is 3. The van der Waals surface area contributed by atoms with E-state index in [2.05, 4.69) is 49.3 Å². The highest BCUT2D eigenvalue weighted by Gasteiger charge is 2.44. The van der Waals surface area contributed by atoms with Crippen molar-refractivity contribution in [1.29, 1.82) is 0 Å². The van der Waals surface area contributed by atoms with Gasteiger partial charge in [-0.2, -0.15) is 0 Å². The van der Waals surface area contributed by atoms with Crippen molar-refractivity contribution in [1.82, 2.24) is 14.7 Å². The van der Waals surface area contributed by atoms with Crippen molar-refractivity contribution in [3.8, 4) is 0 Å². The zero-order valence-electron chi connectivity index (χ0n) is 16.3. The Kier molecular flexibility index (Phi) is 5.11. The molecular weight excluding hydrogens is 282 g/mol. The number of piperidine rings is 2. The topological polar surface area (TPSA) is 9.72 Å². The normalized spacial score (nSPS) is 29.0. The third kappa shape index (κ3) is 3.93. The third-order valence-electron chi connectivity index (χ3n) is 6.99. The van der Waals surface area contributed by atoms with Gasteiger partial charge in [0.2, 0.25) is 0 Å². The summed E-state index contributed by atoms with van der Waals surface area (Å²) in [5.74, 6) is 0. The van der Waals surface area contributed by atoms with E-state index in [-0.39, 0.29) is 0 Å². The first kappa shape index (κ1) is 17.7. The fraction of sp³-hybridized carbons (Fsp3) is 1.00. The molecule has 3 heteroatoms. The van der Waals surface area contributed by atoms with E-state index in [1.54, 1.807) is 0 Å². The number of hydrogen-bond donors (Lipinski definition) is 0. The first-order valence-corrected chi connectivity index (χ1v) is 10.0. The summed E-state index contributed by atoms with van der Waals surface area (Å²) in [6, 6.07) is 1.59. The van der Waals surface area contributed by atoms with Gasteiger partial charge in [0, 0.05) is 24.2 Å². The lowest BCUT2D eigenvalue weighted by atomic mass is 9.77. The molecule has 0 aromatic heterocycles. The van der Waals surface area contributed by atoms with Gasteiger partial charge in [0.1, 0.15) is 0 Å². The van der Waals surface area contributed by atoms with Gasteiger partial charge in [-0.1, -0.05) is 0 Å². The molecule has 0 bridgehead atoms. The fourth-order valence-corrected chi connectivity index (χ4v) is 5.05. The number of hydrogen-bond acceptors (Lipinski definition) is 3. The highest BCUT2D eigenvalue weighted by molar-refractivity contribution is 4.98.